The van der Waals surface area contributed by atoms with Crippen molar-refractivity contribution in [2.24, 2.45) is 0 Å². The van der Waals surface area contributed by atoms with Crippen LogP contribution < -0.4 is 5.32 Å². The molecule has 0 aliphatic carbocycles. The lowest BCUT2D eigenvalue weighted by molar-refractivity contribution is -0.384. The number of hydrogen-bond acceptors (Lipinski definition) is 4. The van der Waals surface area contributed by atoms with Gasteiger partial charge < -0.3 is 4.79 Å². The van der Waals surface area contributed by atoms with Gasteiger partial charge in [-0.1, -0.05) is 0 Å². The monoisotopic (exact) mass is 206 g/mol. The summed E-state index contributed by atoms with van der Waals surface area (Å²) in [6.45, 7) is 2.25. The number of non-ortho nitro benzene ring substituents is 1. The van der Waals surface area contributed by atoms with Gasteiger partial charge in [-0.05, 0) is 24.1 Å². The topological polar surface area (TPSA) is 72.2 Å². The van der Waals surface area contributed by atoms with Crippen LogP contribution in [0.1, 0.15) is 18.1 Å². The van der Waals surface area contributed by atoms with Gasteiger partial charge in [0.2, 0.25) is 0 Å². The van der Waals surface area contributed by atoms with Crippen LogP contribution in [0.2, 0.25) is 0 Å². The van der Waals surface area contributed by atoms with E-state index in [1.807, 2.05) is 0 Å². The molecule has 1 aliphatic rings. The molecule has 0 amide bonds. The van der Waals surface area contributed by atoms with Crippen LogP contribution in [0.3, 0.4) is 0 Å². The first kappa shape index (κ1) is 9.79. The molecule has 1 aromatic carbocycles. The number of nitrogens with one attached hydrogen (secondary N) is 1. The zero-order valence-electron chi connectivity index (χ0n) is 8.19. The number of benzene rings is 1. The molecule has 5 nitrogen and oxygen atoms in total. The number of carbonyl (C=O) groups excluding carboxylic acids is 1. The summed E-state index contributed by atoms with van der Waals surface area (Å²) < 4.78 is 0. The average molecular weight is 206 g/mol. The molecule has 1 heterocycles. The van der Waals surface area contributed by atoms with Gasteiger partial charge in [-0.3, -0.25) is 15.4 Å². The molecule has 0 aromatic heterocycles. The summed E-state index contributed by atoms with van der Waals surface area (Å²) in [6, 6.07) is 4.58. The van der Waals surface area contributed by atoms with Crippen LogP contribution in [0.4, 0.5) is 5.69 Å². The summed E-state index contributed by atoms with van der Waals surface area (Å²) in [6.07, 6.45) is 0.824. The molecule has 0 spiro atoms. The third kappa shape index (κ3) is 1.41. The zero-order valence-corrected chi connectivity index (χ0v) is 8.19. The number of hydrogen-bond donors (Lipinski definition) is 1. The van der Waals surface area contributed by atoms with Gasteiger partial charge in [-0.25, -0.2) is 0 Å². The van der Waals surface area contributed by atoms with Crippen molar-refractivity contribution in [1.82, 2.24) is 5.32 Å². The van der Waals surface area contributed by atoms with Crippen molar-refractivity contribution in [3.8, 4) is 0 Å². The maximum atomic E-state index is 10.9. The van der Waals surface area contributed by atoms with Crippen LogP contribution in [-0.4, -0.2) is 11.2 Å². The van der Waals surface area contributed by atoms with Crippen molar-refractivity contribution in [3.63, 3.8) is 0 Å². The summed E-state index contributed by atoms with van der Waals surface area (Å²) in [5.41, 5.74) is 0.998. The number of nitro groups is 1. The molecule has 5 heteroatoms. The Morgan fingerprint density at radius 2 is 2.33 bits per heavy atom. The fourth-order valence-corrected chi connectivity index (χ4v) is 1.83. The van der Waals surface area contributed by atoms with Gasteiger partial charge in [0, 0.05) is 18.7 Å². The van der Waals surface area contributed by atoms with Crippen LogP contribution in [0.5, 0.6) is 0 Å². The third-order valence-electron chi connectivity index (χ3n) is 2.74. The normalized spacial score (nSPS) is 23.5. The smallest absolute Gasteiger partial charge is 0.269 e. The number of rotatable bonds is 2. The highest BCUT2D eigenvalue weighted by Gasteiger charge is 2.34. The zero-order chi connectivity index (χ0) is 11.1. The Morgan fingerprint density at radius 1 is 1.60 bits per heavy atom. The molecule has 78 valence electrons. The lowest BCUT2D eigenvalue weighted by atomic mass is 9.94. The molecule has 1 aliphatic heterocycles. The molecule has 0 saturated heterocycles. The second kappa shape index (κ2) is 3.13. The molecule has 1 unspecified atom stereocenters. The van der Waals surface area contributed by atoms with Gasteiger partial charge in [0.1, 0.15) is 6.29 Å². The molecular weight excluding hydrogens is 196 g/mol. The molecule has 0 bridgehead atoms. The molecule has 1 N–H and O–H groups in total. The van der Waals surface area contributed by atoms with E-state index in [-0.39, 0.29) is 5.69 Å². The van der Waals surface area contributed by atoms with Crippen molar-refractivity contribution in [2.75, 3.05) is 0 Å². The average Bonchev–Trinajstić information content (AvgIpc) is 2.57. The molecule has 15 heavy (non-hydrogen) atoms. The van der Waals surface area contributed by atoms with Crippen molar-refractivity contribution >= 4 is 12.0 Å². The van der Waals surface area contributed by atoms with Crippen molar-refractivity contribution in [1.29, 1.82) is 0 Å². The predicted molar refractivity (Wildman–Crippen MR) is 53.4 cm³/mol. The fourth-order valence-electron chi connectivity index (χ4n) is 1.83. The Bertz CT molecular complexity index is 444. The largest absolute Gasteiger partial charge is 0.301 e. The summed E-state index contributed by atoms with van der Waals surface area (Å²) in [5, 5.41) is 13.6. The van der Waals surface area contributed by atoms with E-state index in [9.17, 15) is 14.9 Å². The minimum atomic E-state index is -0.704. The maximum absolute atomic E-state index is 10.9. The SMILES string of the molecule is CC1(C=O)NCc2cc([N+](=O)[O-])ccc21. The van der Waals surface area contributed by atoms with E-state index in [1.54, 1.807) is 13.0 Å². The minimum Gasteiger partial charge on any atom is -0.301 e. The van der Waals surface area contributed by atoms with Crippen LogP contribution in [0.25, 0.3) is 0 Å². The Balaban J connectivity index is 2.51. The summed E-state index contributed by atoms with van der Waals surface area (Å²) in [5.74, 6) is 0. The van der Waals surface area contributed by atoms with E-state index in [0.29, 0.717) is 6.54 Å². The molecule has 0 saturated carbocycles. The van der Waals surface area contributed by atoms with E-state index in [4.69, 9.17) is 0 Å². The first-order chi connectivity index (χ1) is 7.07. The van der Waals surface area contributed by atoms with E-state index in [1.165, 1.54) is 12.1 Å². The standard InChI is InChI=1S/C10H10N2O3/c1-10(6-13)9-3-2-8(12(14)15)4-7(9)5-11-10/h2-4,6,11H,5H2,1H3. The highest BCUT2D eigenvalue weighted by molar-refractivity contribution is 5.70. The number of nitrogens with zero attached hydrogens (tertiary/aromatic N) is 1. The third-order valence-corrected chi connectivity index (χ3v) is 2.74. The molecule has 1 aromatic rings. The minimum absolute atomic E-state index is 0.0608. The van der Waals surface area contributed by atoms with Crippen LogP contribution >= 0.6 is 0 Å². The fraction of sp³-hybridized carbons (Fsp3) is 0.300. The maximum Gasteiger partial charge on any atom is 0.269 e. The van der Waals surface area contributed by atoms with Gasteiger partial charge in [0.05, 0.1) is 10.5 Å². The summed E-state index contributed by atoms with van der Waals surface area (Å²) in [7, 11) is 0. The van der Waals surface area contributed by atoms with Gasteiger partial charge in [-0.15, -0.1) is 0 Å². The highest BCUT2D eigenvalue weighted by atomic mass is 16.6. The number of aldehydes is 1. The number of nitro benzene ring substituents is 1. The van der Waals surface area contributed by atoms with Gasteiger partial charge >= 0.3 is 0 Å². The first-order valence-electron chi connectivity index (χ1n) is 4.56. The molecule has 0 fully saturated rings. The second-order valence-electron chi connectivity index (χ2n) is 3.77. The predicted octanol–water partition coefficient (Wildman–Crippen LogP) is 1.11. The highest BCUT2D eigenvalue weighted by Crippen LogP contribution is 2.31. The Hall–Kier alpha value is -1.75. The van der Waals surface area contributed by atoms with E-state index in [2.05, 4.69) is 5.32 Å². The van der Waals surface area contributed by atoms with E-state index >= 15 is 0 Å². The molecule has 2 rings (SSSR count). The summed E-state index contributed by atoms with van der Waals surface area (Å²) in [4.78, 5) is 21.0. The number of carbonyl (C=O) groups is 1. The lowest BCUT2D eigenvalue weighted by Crippen LogP contribution is -2.34. The second-order valence-corrected chi connectivity index (χ2v) is 3.77. The van der Waals surface area contributed by atoms with Gasteiger partial charge in [0.15, 0.2) is 0 Å². The van der Waals surface area contributed by atoms with Crippen molar-refractivity contribution in [2.45, 2.75) is 19.0 Å². The Labute approximate surface area is 86.2 Å². The van der Waals surface area contributed by atoms with Crippen LogP contribution in [0, 0.1) is 10.1 Å². The van der Waals surface area contributed by atoms with E-state index in [0.717, 1.165) is 17.4 Å². The Morgan fingerprint density at radius 3 is 2.93 bits per heavy atom. The van der Waals surface area contributed by atoms with Gasteiger partial charge in [-0.2, -0.15) is 0 Å². The molecular formula is C10H10N2O3. The van der Waals surface area contributed by atoms with Crippen LogP contribution in [-0.2, 0) is 16.9 Å². The van der Waals surface area contributed by atoms with Gasteiger partial charge in [0.25, 0.3) is 5.69 Å². The summed E-state index contributed by atoms with van der Waals surface area (Å²) >= 11 is 0. The van der Waals surface area contributed by atoms with Crippen LogP contribution in [0.15, 0.2) is 18.2 Å². The number of fused-ring (bicyclic) bond motifs is 1. The van der Waals surface area contributed by atoms with E-state index < -0.39 is 10.5 Å². The molecule has 0 radical (unpaired) electrons. The molecule has 1 atom stereocenters. The quantitative estimate of drug-likeness (QED) is 0.447. The lowest BCUT2D eigenvalue weighted by Gasteiger charge is -2.17. The van der Waals surface area contributed by atoms with Crippen molar-refractivity contribution in [3.05, 3.63) is 39.4 Å². The van der Waals surface area contributed by atoms with Crippen molar-refractivity contribution < 1.29 is 9.72 Å². The Kier molecular flexibility index (Phi) is 2.04. The first-order valence-corrected chi connectivity index (χ1v) is 4.56.